The molecule has 0 saturated carbocycles. The topological polar surface area (TPSA) is 178 Å². The monoisotopic (exact) mass is 562 g/mol. The smallest absolute Gasteiger partial charge is 0.294 e. The van der Waals surface area contributed by atoms with Crippen molar-refractivity contribution in [1.29, 1.82) is 0 Å². The van der Waals surface area contributed by atoms with Gasteiger partial charge in [0.1, 0.15) is 11.4 Å². The van der Waals surface area contributed by atoms with Crippen molar-refractivity contribution >= 4 is 64.5 Å². The van der Waals surface area contributed by atoms with Gasteiger partial charge < -0.3 is 5.11 Å². The van der Waals surface area contributed by atoms with E-state index in [1.807, 2.05) is 24.3 Å². The molecule has 0 fully saturated rings. The number of nitrogens with zero attached hydrogens (tertiary/aromatic N) is 4. The first kappa shape index (κ1) is 26.1. The molecule has 5 aromatic carbocycles. The fourth-order valence-electron chi connectivity index (χ4n) is 3.89. The van der Waals surface area contributed by atoms with Gasteiger partial charge in [-0.2, -0.15) is 21.9 Å². The van der Waals surface area contributed by atoms with Crippen molar-refractivity contribution in [1.82, 2.24) is 0 Å². The maximum absolute atomic E-state index is 11.5. The molecule has 0 radical (unpaired) electrons. The third kappa shape index (κ3) is 5.51. The van der Waals surface area contributed by atoms with E-state index in [1.54, 1.807) is 12.1 Å². The van der Waals surface area contributed by atoms with Gasteiger partial charge in [-0.1, -0.05) is 36.4 Å². The van der Waals surface area contributed by atoms with Crippen LogP contribution in [0.25, 0.3) is 21.5 Å². The lowest BCUT2D eigenvalue weighted by Crippen LogP contribution is -1.97. The number of aromatic hydroxyl groups is 1. The third-order valence-corrected chi connectivity index (χ3v) is 7.50. The molecule has 0 heterocycles. The number of hydrogen-bond acceptors (Lipinski definition) is 9. The van der Waals surface area contributed by atoms with E-state index in [2.05, 4.69) is 20.5 Å². The summed E-state index contributed by atoms with van der Waals surface area (Å²) in [5.74, 6) is -0.166. The average Bonchev–Trinajstić information content (AvgIpc) is 2.90. The second kappa shape index (κ2) is 9.96. The van der Waals surface area contributed by atoms with E-state index in [9.17, 15) is 26.5 Å². The summed E-state index contributed by atoms with van der Waals surface area (Å²) in [4.78, 5) is -0.536. The van der Waals surface area contributed by atoms with Gasteiger partial charge >= 0.3 is 0 Å². The molecule has 0 aromatic heterocycles. The number of hydrogen-bond donors (Lipinski definition) is 3. The SMILES string of the molecule is O=S(=O)(O)c1ccc(N=Nc2ccc(N=Nc3c(O)ccc4cc(S(=O)(=O)O)ccc34)c3ccccc23)cc1. The van der Waals surface area contributed by atoms with E-state index >= 15 is 0 Å². The molecule has 3 N–H and O–H groups in total. The van der Waals surface area contributed by atoms with Crippen molar-refractivity contribution in [2.45, 2.75) is 9.79 Å². The van der Waals surface area contributed by atoms with Crippen molar-refractivity contribution in [3.63, 3.8) is 0 Å². The average molecular weight is 563 g/mol. The molecule has 0 amide bonds. The summed E-state index contributed by atoms with van der Waals surface area (Å²) in [5.41, 5.74) is 1.47. The highest BCUT2D eigenvalue weighted by Gasteiger charge is 2.14. The summed E-state index contributed by atoms with van der Waals surface area (Å²) in [6.45, 7) is 0. The minimum atomic E-state index is -4.40. The molecule has 11 nitrogen and oxygen atoms in total. The Bertz CT molecular complexity index is 2020. The summed E-state index contributed by atoms with van der Waals surface area (Å²) in [7, 11) is -8.71. The van der Waals surface area contributed by atoms with Crippen LogP contribution in [0.15, 0.2) is 121 Å². The van der Waals surface area contributed by atoms with Gasteiger partial charge in [-0.05, 0) is 60.0 Å². The molecule has 5 aromatic rings. The fourth-order valence-corrected chi connectivity index (χ4v) is 4.88. The number of phenolic OH excluding ortho intramolecular Hbond substituents is 1. The second-order valence-corrected chi connectivity index (χ2v) is 11.2. The Morgan fingerprint density at radius 2 is 1.10 bits per heavy atom. The van der Waals surface area contributed by atoms with Crippen molar-refractivity contribution in [2.24, 2.45) is 20.5 Å². The molecular formula is C26H18N4O7S2. The number of benzene rings is 5. The Balaban J connectivity index is 1.51. The number of rotatable bonds is 6. The third-order valence-electron chi connectivity index (χ3n) is 5.78. The predicted octanol–water partition coefficient (Wildman–Crippen LogP) is 7.02. The highest BCUT2D eigenvalue weighted by Crippen LogP contribution is 2.39. The normalized spacial score (nSPS) is 12.7. The zero-order chi connectivity index (χ0) is 27.8. The van der Waals surface area contributed by atoms with Gasteiger partial charge in [-0.25, -0.2) is 0 Å². The number of phenols is 1. The molecule has 0 spiro atoms. The summed E-state index contributed by atoms with van der Waals surface area (Å²) in [6.07, 6.45) is 0. The zero-order valence-electron chi connectivity index (χ0n) is 19.7. The quantitative estimate of drug-likeness (QED) is 0.147. The van der Waals surface area contributed by atoms with Crippen LogP contribution < -0.4 is 0 Å². The first-order valence-electron chi connectivity index (χ1n) is 11.2. The van der Waals surface area contributed by atoms with E-state index in [-0.39, 0.29) is 21.2 Å². The van der Waals surface area contributed by atoms with Crippen molar-refractivity contribution in [2.75, 3.05) is 0 Å². The molecule has 0 atom stereocenters. The zero-order valence-corrected chi connectivity index (χ0v) is 21.4. The van der Waals surface area contributed by atoms with Crippen LogP contribution in [0, 0.1) is 0 Å². The fraction of sp³-hybridized carbons (Fsp3) is 0. The lowest BCUT2D eigenvalue weighted by Gasteiger charge is -2.07. The molecule has 0 saturated heterocycles. The first-order chi connectivity index (χ1) is 18.5. The van der Waals surface area contributed by atoms with Crippen LogP contribution >= 0.6 is 0 Å². The standard InChI is InChI=1S/C26H18N4O7S2/c31-25-14-5-16-15-19(39(35,36)37)10-11-20(16)26(25)30-29-24-13-12-23(21-3-1-2-4-22(21)24)28-27-17-6-8-18(9-7-17)38(32,33)34/h1-15,31H,(H,32,33,34)(H,35,36,37). The summed E-state index contributed by atoms with van der Waals surface area (Å²) in [6, 6.07) is 22.6. The first-order valence-corrected chi connectivity index (χ1v) is 14.0. The minimum Gasteiger partial charge on any atom is -0.506 e. The van der Waals surface area contributed by atoms with Crippen molar-refractivity contribution in [3.05, 3.63) is 91.0 Å². The van der Waals surface area contributed by atoms with E-state index < -0.39 is 20.2 Å². The van der Waals surface area contributed by atoms with Gasteiger partial charge in [0, 0.05) is 16.2 Å². The molecule has 0 bridgehead atoms. The van der Waals surface area contributed by atoms with Crippen LogP contribution in [0.5, 0.6) is 5.75 Å². The Kier molecular flexibility index (Phi) is 6.66. The molecule has 0 unspecified atom stereocenters. The van der Waals surface area contributed by atoms with Gasteiger partial charge in [0.25, 0.3) is 20.2 Å². The Hall–Kier alpha value is -4.56. The molecule has 39 heavy (non-hydrogen) atoms. The Morgan fingerprint density at radius 1 is 0.538 bits per heavy atom. The number of fused-ring (bicyclic) bond motifs is 2. The molecule has 0 aliphatic heterocycles. The van der Waals surface area contributed by atoms with E-state index in [1.165, 1.54) is 54.6 Å². The van der Waals surface area contributed by atoms with Crippen LogP contribution in [0.1, 0.15) is 0 Å². The van der Waals surface area contributed by atoms with Gasteiger partial charge in [0.2, 0.25) is 0 Å². The van der Waals surface area contributed by atoms with Gasteiger partial charge in [-0.3, -0.25) is 9.11 Å². The Labute approximate surface area is 222 Å². The minimum absolute atomic E-state index is 0.121. The molecule has 0 aliphatic carbocycles. The van der Waals surface area contributed by atoms with Crippen molar-refractivity contribution in [3.8, 4) is 5.75 Å². The maximum Gasteiger partial charge on any atom is 0.294 e. The van der Waals surface area contributed by atoms with Crippen LogP contribution in [0.4, 0.5) is 22.7 Å². The summed E-state index contributed by atoms with van der Waals surface area (Å²) in [5, 5.41) is 29.6. The van der Waals surface area contributed by atoms with Crippen LogP contribution in [0.2, 0.25) is 0 Å². The lowest BCUT2D eigenvalue weighted by molar-refractivity contribution is 0.477. The van der Waals surface area contributed by atoms with Gasteiger partial charge in [0.05, 0.1) is 26.9 Å². The van der Waals surface area contributed by atoms with E-state index in [0.29, 0.717) is 38.6 Å². The lowest BCUT2D eigenvalue weighted by atomic mass is 10.1. The van der Waals surface area contributed by atoms with Gasteiger partial charge in [-0.15, -0.1) is 15.3 Å². The van der Waals surface area contributed by atoms with Crippen molar-refractivity contribution < 1.29 is 31.0 Å². The Morgan fingerprint density at radius 3 is 1.69 bits per heavy atom. The molecule has 13 heteroatoms. The van der Waals surface area contributed by atoms with Gasteiger partial charge in [0.15, 0.2) is 0 Å². The molecule has 196 valence electrons. The van der Waals surface area contributed by atoms with E-state index in [0.717, 1.165) is 0 Å². The summed E-state index contributed by atoms with van der Waals surface area (Å²) >= 11 is 0. The highest BCUT2D eigenvalue weighted by molar-refractivity contribution is 7.86. The van der Waals surface area contributed by atoms with Crippen LogP contribution in [-0.2, 0) is 20.2 Å². The second-order valence-electron chi connectivity index (χ2n) is 8.31. The predicted molar refractivity (Wildman–Crippen MR) is 144 cm³/mol. The molecule has 5 rings (SSSR count). The molecular weight excluding hydrogens is 544 g/mol. The highest BCUT2D eigenvalue weighted by atomic mass is 32.2. The number of azo groups is 2. The van der Waals surface area contributed by atoms with Crippen LogP contribution in [-0.4, -0.2) is 31.0 Å². The summed E-state index contributed by atoms with van der Waals surface area (Å²) < 4.78 is 63.8. The van der Waals surface area contributed by atoms with Crippen LogP contribution in [0.3, 0.4) is 0 Å². The largest absolute Gasteiger partial charge is 0.506 e. The van der Waals surface area contributed by atoms with E-state index in [4.69, 9.17) is 4.55 Å². The molecule has 0 aliphatic rings. The maximum atomic E-state index is 11.5.